The van der Waals surface area contributed by atoms with E-state index in [2.05, 4.69) is 142 Å². The van der Waals surface area contributed by atoms with Crippen LogP contribution in [0.15, 0.2) is 194 Å². The molecule has 12 rings (SSSR count). The summed E-state index contributed by atoms with van der Waals surface area (Å²) in [5.74, 6) is 1.91. The zero-order valence-electron chi connectivity index (χ0n) is 31.2. The minimum absolute atomic E-state index is 0.629. The number of nitrogens with zero attached hydrogens (tertiary/aromatic N) is 6. The average molecular weight is 741 g/mol. The van der Waals surface area contributed by atoms with Gasteiger partial charge in [0.2, 0.25) is 0 Å². The third-order valence-corrected chi connectivity index (χ3v) is 11.3. The highest BCUT2D eigenvalue weighted by Crippen LogP contribution is 2.42. The van der Waals surface area contributed by atoms with Gasteiger partial charge in [0.05, 0.1) is 27.6 Å². The first kappa shape index (κ1) is 32.3. The van der Waals surface area contributed by atoms with E-state index in [1.807, 2.05) is 60.7 Å². The standard InChI is InChI=1S/C52H32N6/c1-3-15-33(16-4-1)49-54-50(34-17-5-2-6-18-34)56-51(55-49)37-21-13-19-35(31-37)36-20-14-22-38(32-36)57-44-26-10-7-23-39(44)40-29-30-42-47(48(40)57)41-24-8-11-27-45(41)58-46-28-12-9-25-43(46)53-52(42)58/h1-32H. The fraction of sp³-hybridized carbons (Fsp3) is 0. The quantitative estimate of drug-likeness (QED) is 0.165. The van der Waals surface area contributed by atoms with Crippen molar-refractivity contribution in [3.8, 4) is 51.0 Å². The zero-order valence-corrected chi connectivity index (χ0v) is 31.2. The number of fused-ring (bicyclic) bond motifs is 12. The van der Waals surface area contributed by atoms with Gasteiger partial charge >= 0.3 is 0 Å². The second kappa shape index (κ2) is 12.8. The van der Waals surface area contributed by atoms with Crippen molar-refractivity contribution in [2.45, 2.75) is 0 Å². The molecule has 4 aromatic heterocycles. The molecule has 0 spiro atoms. The van der Waals surface area contributed by atoms with Gasteiger partial charge in [-0.15, -0.1) is 0 Å². The molecular formula is C52H32N6. The van der Waals surface area contributed by atoms with Crippen LogP contribution in [0.5, 0.6) is 0 Å². The van der Waals surface area contributed by atoms with Crippen molar-refractivity contribution in [1.82, 2.24) is 28.9 Å². The van der Waals surface area contributed by atoms with Crippen LogP contribution in [-0.2, 0) is 0 Å². The molecule has 8 aromatic carbocycles. The lowest BCUT2D eigenvalue weighted by atomic mass is 10.0. The van der Waals surface area contributed by atoms with Crippen LogP contribution in [0.1, 0.15) is 0 Å². The predicted molar refractivity (Wildman–Crippen MR) is 237 cm³/mol. The normalized spacial score (nSPS) is 11.8. The Morgan fingerprint density at radius 3 is 1.60 bits per heavy atom. The van der Waals surface area contributed by atoms with E-state index in [0.29, 0.717) is 17.5 Å². The highest BCUT2D eigenvalue weighted by Gasteiger charge is 2.21. The molecule has 0 unspecified atom stereocenters. The van der Waals surface area contributed by atoms with Gasteiger partial charge in [-0.1, -0.05) is 146 Å². The smallest absolute Gasteiger partial charge is 0.164 e. The second-order valence-corrected chi connectivity index (χ2v) is 14.7. The summed E-state index contributed by atoms with van der Waals surface area (Å²) in [6.45, 7) is 0. The third kappa shape index (κ3) is 4.98. The number of pyridine rings is 1. The van der Waals surface area contributed by atoms with Gasteiger partial charge < -0.3 is 4.57 Å². The maximum absolute atomic E-state index is 5.23. The predicted octanol–water partition coefficient (Wildman–Crippen LogP) is 12.7. The highest BCUT2D eigenvalue weighted by molar-refractivity contribution is 6.28. The monoisotopic (exact) mass is 740 g/mol. The Labute approximate surface area is 333 Å². The molecule has 4 heterocycles. The molecule has 0 atom stereocenters. The molecule has 6 nitrogen and oxygen atoms in total. The Morgan fingerprint density at radius 1 is 0.328 bits per heavy atom. The Bertz CT molecular complexity index is 3510. The summed E-state index contributed by atoms with van der Waals surface area (Å²) in [7, 11) is 0. The number of para-hydroxylation sites is 4. The fourth-order valence-electron chi connectivity index (χ4n) is 8.72. The van der Waals surface area contributed by atoms with E-state index in [4.69, 9.17) is 19.9 Å². The van der Waals surface area contributed by atoms with Crippen molar-refractivity contribution in [1.29, 1.82) is 0 Å². The van der Waals surface area contributed by atoms with Crippen molar-refractivity contribution in [3.63, 3.8) is 0 Å². The van der Waals surface area contributed by atoms with Crippen molar-refractivity contribution in [2.75, 3.05) is 0 Å². The number of rotatable bonds is 5. The van der Waals surface area contributed by atoms with E-state index < -0.39 is 0 Å². The van der Waals surface area contributed by atoms with E-state index >= 15 is 0 Å². The number of hydrogen-bond donors (Lipinski definition) is 0. The van der Waals surface area contributed by atoms with Gasteiger partial charge in [-0.25, -0.2) is 19.9 Å². The van der Waals surface area contributed by atoms with Crippen LogP contribution >= 0.6 is 0 Å². The SMILES string of the molecule is c1ccc(-c2nc(-c3ccccc3)nc(-c3cccc(-c4cccc(-n5c6ccccc6c6ccc7c(c8ccccc8n8c9ccccc9nc78)c65)c4)c3)n2)cc1. The van der Waals surface area contributed by atoms with Gasteiger partial charge in [-0.3, -0.25) is 4.40 Å². The summed E-state index contributed by atoms with van der Waals surface area (Å²) in [6.07, 6.45) is 0. The van der Waals surface area contributed by atoms with Crippen molar-refractivity contribution < 1.29 is 0 Å². The van der Waals surface area contributed by atoms with Gasteiger partial charge in [0.25, 0.3) is 0 Å². The molecule has 0 aliphatic rings. The minimum Gasteiger partial charge on any atom is -0.309 e. The number of imidazole rings is 1. The number of aromatic nitrogens is 6. The summed E-state index contributed by atoms with van der Waals surface area (Å²) < 4.78 is 4.76. The van der Waals surface area contributed by atoms with Gasteiger partial charge in [0, 0.05) is 49.3 Å². The van der Waals surface area contributed by atoms with Gasteiger partial charge in [0.15, 0.2) is 17.5 Å². The molecule has 0 amide bonds. The number of benzene rings is 8. The summed E-state index contributed by atoms with van der Waals surface area (Å²) in [4.78, 5) is 20.2. The molecule has 6 heteroatoms. The molecule has 0 N–H and O–H groups in total. The summed E-state index contributed by atoms with van der Waals surface area (Å²) >= 11 is 0. The van der Waals surface area contributed by atoms with Crippen LogP contribution in [0.2, 0.25) is 0 Å². The lowest BCUT2D eigenvalue weighted by Crippen LogP contribution is -2.00. The summed E-state index contributed by atoms with van der Waals surface area (Å²) in [6, 6.07) is 68.0. The Balaban J connectivity index is 1.07. The van der Waals surface area contributed by atoms with Crippen LogP contribution in [0.3, 0.4) is 0 Å². The van der Waals surface area contributed by atoms with Crippen molar-refractivity contribution in [3.05, 3.63) is 194 Å². The first-order chi connectivity index (χ1) is 28.8. The van der Waals surface area contributed by atoms with E-state index in [1.165, 1.54) is 27.1 Å². The molecule has 0 saturated heterocycles. The Hall–Kier alpha value is -7.96. The molecule has 12 aromatic rings. The maximum Gasteiger partial charge on any atom is 0.164 e. The molecule has 0 radical (unpaired) electrons. The highest BCUT2D eigenvalue weighted by atomic mass is 15.0. The molecule has 0 bridgehead atoms. The maximum atomic E-state index is 5.23. The molecule has 0 aliphatic carbocycles. The van der Waals surface area contributed by atoms with Crippen molar-refractivity contribution >= 4 is 60.2 Å². The van der Waals surface area contributed by atoms with Gasteiger partial charge in [-0.2, -0.15) is 0 Å². The van der Waals surface area contributed by atoms with Crippen LogP contribution in [0, 0.1) is 0 Å². The lowest BCUT2D eigenvalue weighted by Gasteiger charge is -2.14. The topological polar surface area (TPSA) is 60.9 Å². The molecule has 0 fully saturated rings. The molecule has 58 heavy (non-hydrogen) atoms. The van der Waals surface area contributed by atoms with Crippen LogP contribution in [0.4, 0.5) is 0 Å². The average Bonchev–Trinajstić information content (AvgIpc) is 3.86. The van der Waals surface area contributed by atoms with E-state index in [9.17, 15) is 0 Å². The molecule has 270 valence electrons. The Kier molecular flexibility index (Phi) is 7.13. The first-order valence-electron chi connectivity index (χ1n) is 19.5. The Morgan fingerprint density at radius 2 is 0.862 bits per heavy atom. The minimum atomic E-state index is 0.629. The van der Waals surface area contributed by atoms with Crippen LogP contribution in [0.25, 0.3) is 111 Å². The fourth-order valence-corrected chi connectivity index (χ4v) is 8.72. The summed E-state index contributed by atoms with van der Waals surface area (Å²) in [5.41, 5.74) is 12.6. The molecular weight excluding hydrogens is 709 g/mol. The van der Waals surface area contributed by atoms with E-state index in [0.717, 1.165) is 66.6 Å². The lowest BCUT2D eigenvalue weighted by molar-refractivity contribution is 1.07. The first-order valence-corrected chi connectivity index (χ1v) is 19.5. The summed E-state index contributed by atoms with van der Waals surface area (Å²) in [5, 5.41) is 5.92. The van der Waals surface area contributed by atoms with Gasteiger partial charge in [-0.05, 0) is 59.7 Å². The van der Waals surface area contributed by atoms with E-state index in [1.54, 1.807) is 0 Å². The third-order valence-electron chi connectivity index (χ3n) is 11.3. The van der Waals surface area contributed by atoms with E-state index in [-0.39, 0.29) is 0 Å². The largest absolute Gasteiger partial charge is 0.309 e. The van der Waals surface area contributed by atoms with Gasteiger partial charge in [0.1, 0.15) is 5.65 Å². The number of hydrogen-bond acceptors (Lipinski definition) is 4. The van der Waals surface area contributed by atoms with Crippen LogP contribution in [-0.4, -0.2) is 28.9 Å². The molecule has 0 saturated carbocycles. The second-order valence-electron chi connectivity index (χ2n) is 14.7. The molecule has 0 aliphatic heterocycles. The van der Waals surface area contributed by atoms with Crippen molar-refractivity contribution in [2.24, 2.45) is 0 Å². The zero-order chi connectivity index (χ0) is 38.2. The van der Waals surface area contributed by atoms with Crippen LogP contribution < -0.4 is 0 Å².